The van der Waals surface area contributed by atoms with Gasteiger partial charge in [0.25, 0.3) is 0 Å². The van der Waals surface area contributed by atoms with E-state index in [0.29, 0.717) is 10.6 Å². The number of fused-ring (bicyclic) bond motifs is 1. The van der Waals surface area contributed by atoms with Gasteiger partial charge >= 0.3 is 0 Å². The van der Waals surface area contributed by atoms with Crippen molar-refractivity contribution in [3.63, 3.8) is 0 Å². The number of hydrogen-bond acceptors (Lipinski definition) is 2. The second-order valence-corrected chi connectivity index (χ2v) is 4.86. The first-order valence-corrected chi connectivity index (χ1v) is 6.32. The van der Waals surface area contributed by atoms with Crippen molar-refractivity contribution in [2.45, 2.75) is 6.42 Å². The molecule has 2 nitrogen and oxygen atoms in total. The summed E-state index contributed by atoms with van der Waals surface area (Å²) >= 11 is 6.21. The van der Waals surface area contributed by atoms with Crippen molar-refractivity contribution in [2.24, 2.45) is 0 Å². The number of halogens is 2. The third-order valence-electron chi connectivity index (χ3n) is 3.31. The number of hydrogen-bond donors (Lipinski definition) is 0. The molecule has 0 fully saturated rings. The molecule has 0 aliphatic carbocycles. The molecule has 1 heterocycles. The predicted octanol–water partition coefficient (Wildman–Crippen LogP) is 4.04. The second-order valence-electron chi connectivity index (χ2n) is 4.45. The molecule has 0 spiro atoms. The maximum absolute atomic E-state index is 13.4. The lowest BCUT2D eigenvalue weighted by atomic mass is 10.1. The number of nitriles is 1. The van der Waals surface area contributed by atoms with Gasteiger partial charge in [-0.3, -0.25) is 0 Å². The van der Waals surface area contributed by atoms with Crippen LogP contribution in [0.3, 0.4) is 0 Å². The molecule has 4 heteroatoms. The number of rotatable bonds is 1. The SMILES string of the molecule is N#Cc1ccc(N2CCc3ccc(F)cc32)c(Cl)c1. The van der Waals surface area contributed by atoms with Gasteiger partial charge in [0.15, 0.2) is 0 Å². The number of benzene rings is 2. The van der Waals surface area contributed by atoms with Crippen LogP contribution in [0.2, 0.25) is 5.02 Å². The molecular formula is C15H10ClFN2. The lowest BCUT2D eigenvalue weighted by Gasteiger charge is -2.21. The first kappa shape index (κ1) is 12.0. The van der Waals surface area contributed by atoms with E-state index in [9.17, 15) is 4.39 Å². The summed E-state index contributed by atoms with van der Waals surface area (Å²) in [6.45, 7) is 0.768. The monoisotopic (exact) mass is 272 g/mol. The van der Waals surface area contributed by atoms with Crippen molar-refractivity contribution in [2.75, 3.05) is 11.4 Å². The Morgan fingerprint density at radius 3 is 2.74 bits per heavy atom. The molecule has 1 aliphatic rings. The van der Waals surface area contributed by atoms with Crippen molar-refractivity contribution in [1.29, 1.82) is 5.26 Å². The Morgan fingerprint density at radius 2 is 2.00 bits per heavy atom. The summed E-state index contributed by atoms with van der Waals surface area (Å²) in [6, 6.07) is 12.0. The summed E-state index contributed by atoms with van der Waals surface area (Å²) in [6.07, 6.45) is 0.867. The summed E-state index contributed by atoms with van der Waals surface area (Å²) < 4.78 is 13.4. The van der Waals surface area contributed by atoms with E-state index in [0.717, 1.165) is 29.9 Å². The first-order valence-electron chi connectivity index (χ1n) is 5.94. The molecule has 0 bridgehead atoms. The highest BCUT2D eigenvalue weighted by molar-refractivity contribution is 6.33. The predicted molar refractivity (Wildman–Crippen MR) is 73.3 cm³/mol. The Bertz CT molecular complexity index is 691. The summed E-state index contributed by atoms with van der Waals surface area (Å²) in [4.78, 5) is 1.99. The molecule has 3 rings (SSSR count). The van der Waals surface area contributed by atoms with E-state index in [1.54, 1.807) is 18.2 Å². The Balaban J connectivity index is 2.07. The fourth-order valence-electron chi connectivity index (χ4n) is 2.40. The van der Waals surface area contributed by atoms with E-state index in [-0.39, 0.29) is 5.82 Å². The molecule has 0 amide bonds. The van der Waals surface area contributed by atoms with E-state index in [1.165, 1.54) is 12.1 Å². The molecule has 1 aliphatic heterocycles. The lowest BCUT2D eigenvalue weighted by Crippen LogP contribution is -2.13. The molecule has 0 saturated heterocycles. The van der Waals surface area contributed by atoms with Crippen LogP contribution < -0.4 is 4.90 Å². The number of nitrogens with zero attached hydrogens (tertiary/aromatic N) is 2. The largest absolute Gasteiger partial charge is 0.340 e. The summed E-state index contributed by atoms with van der Waals surface area (Å²) in [5, 5.41) is 9.35. The van der Waals surface area contributed by atoms with Gasteiger partial charge in [-0.2, -0.15) is 5.26 Å². The molecular weight excluding hydrogens is 263 g/mol. The van der Waals surface area contributed by atoms with Gasteiger partial charge in [-0.05, 0) is 42.3 Å². The summed E-state index contributed by atoms with van der Waals surface area (Å²) in [7, 11) is 0. The van der Waals surface area contributed by atoms with E-state index in [4.69, 9.17) is 16.9 Å². The fraction of sp³-hybridized carbons (Fsp3) is 0.133. The van der Waals surface area contributed by atoms with Gasteiger partial charge in [-0.1, -0.05) is 17.7 Å². The fourth-order valence-corrected chi connectivity index (χ4v) is 2.68. The zero-order valence-electron chi connectivity index (χ0n) is 10.0. The van der Waals surface area contributed by atoms with Gasteiger partial charge in [0.2, 0.25) is 0 Å². The van der Waals surface area contributed by atoms with Crippen molar-refractivity contribution in [3.8, 4) is 6.07 Å². The molecule has 0 atom stereocenters. The number of anilines is 2. The third-order valence-corrected chi connectivity index (χ3v) is 3.61. The van der Waals surface area contributed by atoms with Gasteiger partial charge in [0, 0.05) is 12.2 Å². The first-order chi connectivity index (χ1) is 9.19. The quantitative estimate of drug-likeness (QED) is 0.783. The van der Waals surface area contributed by atoms with Crippen molar-refractivity contribution >= 4 is 23.0 Å². The smallest absolute Gasteiger partial charge is 0.125 e. The molecule has 0 unspecified atom stereocenters. The van der Waals surface area contributed by atoms with E-state index in [1.807, 2.05) is 11.0 Å². The Labute approximate surface area is 115 Å². The molecule has 2 aromatic rings. The molecule has 19 heavy (non-hydrogen) atoms. The highest BCUT2D eigenvalue weighted by Gasteiger charge is 2.22. The second kappa shape index (κ2) is 4.56. The highest BCUT2D eigenvalue weighted by Crippen LogP contribution is 2.38. The zero-order chi connectivity index (χ0) is 13.4. The van der Waals surface area contributed by atoms with Crippen LogP contribution in [0.25, 0.3) is 0 Å². The summed E-state index contributed by atoms with van der Waals surface area (Å²) in [5.74, 6) is -0.254. The minimum Gasteiger partial charge on any atom is -0.340 e. The maximum atomic E-state index is 13.4. The van der Waals surface area contributed by atoms with E-state index in [2.05, 4.69) is 6.07 Å². The molecule has 0 aromatic heterocycles. The van der Waals surface area contributed by atoms with Crippen LogP contribution in [0, 0.1) is 17.1 Å². The van der Waals surface area contributed by atoms with E-state index < -0.39 is 0 Å². The van der Waals surface area contributed by atoms with Gasteiger partial charge in [0.05, 0.1) is 22.3 Å². The maximum Gasteiger partial charge on any atom is 0.125 e. The van der Waals surface area contributed by atoms with Crippen LogP contribution in [0.5, 0.6) is 0 Å². The molecule has 0 saturated carbocycles. The average Bonchev–Trinajstić information content (AvgIpc) is 2.81. The minimum atomic E-state index is -0.254. The molecule has 0 N–H and O–H groups in total. The molecule has 2 aromatic carbocycles. The molecule has 94 valence electrons. The van der Waals surface area contributed by atoms with Crippen molar-refractivity contribution < 1.29 is 4.39 Å². The van der Waals surface area contributed by atoms with Crippen LogP contribution in [-0.4, -0.2) is 6.54 Å². The van der Waals surface area contributed by atoms with Gasteiger partial charge < -0.3 is 4.90 Å². The molecule has 0 radical (unpaired) electrons. The lowest BCUT2D eigenvalue weighted by molar-refractivity contribution is 0.628. The van der Waals surface area contributed by atoms with Crippen molar-refractivity contribution in [1.82, 2.24) is 0 Å². The van der Waals surface area contributed by atoms with E-state index >= 15 is 0 Å². The Kier molecular flexibility index (Phi) is 2.88. The van der Waals surface area contributed by atoms with Crippen LogP contribution in [0.15, 0.2) is 36.4 Å². The van der Waals surface area contributed by atoms with Crippen LogP contribution in [0.4, 0.5) is 15.8 Å². The minimum absolute atomic E-state index is 0.254. The zero-order valence-corrected chi connectivity index (χ0v) is 10.8. The standard InChI is InChI=1S/C15H10ClFN2/c16-13-7-10(9-18)1-4-14(13)19-6-5-11-2-3-12(17)8-15(11)19/h1-4,7-8H,5-6H2. The van der Waals surface area contributed by atoms with Crippen molar-refractivity contribution in [3.05, 3.63) is 58.4 Å². The summed E-state index contributed by atoms with van der Waals surface area (Å²) in [5.41, 5.74) is 3.30. The Morgan fingerprint density at radius 1 is 1.16 bits per heavy atom. The van der Waals surface area contributed by atoms with Gasteiger partial charge in [-0.15, -0.1) is 0 Å². The normalized spacial score (nSPS) is 13.2. The highest BCUT2D eigenvalue weighted by atomic mass is 35.5. The van der Waals surface area contributed by atoms with Crippen LogP contribution >= 0.6 is 11.6 Å². The van der Waals surface area contributed by atoms with Gasteiger partial charge in [0.1, 0.15) is 5.82 Å². The van der Waals surface area contributed by atoms with Crippen LogP contribution in [-0.2, 0) is 6.42 Å². The average molecular weight is 273 g/mol. The van der Waals surface area contributed by atoms with Gasteiger partial charge in [-0.25, -0.2) is 4.39 Å². The Hall–Kier alpha value is -2.05. The third kappa shape index (κ3) is 2.05. The van der Waals surface area contributed by atoms with Crippen LogP contribution in [0.1, 0.15) is 11.1 Å². The topological polar surface area (TPSA) is 27.0 Å².